The van der Waals surface area contributed by atoms with Crippen LogP contribution >= 0.6 is 0 Å². The first-order valence-electron chi connectivity index (χ1n) is 9.33. The lowest BCUT2D eigenvalue weighted by Gasteiger charge is -2.08. The zero-order chi connectivity index (χ0) is 20.6. The summed E-state index contributed by atoms with van der Waals surface area (Å²) >= 11 is 0. The summed E-state index contributed by atoms with van der Waals surface area (Å²) in [5.41, 5.74) is 3.68. The zero-order valence-electron chi connectivity index (χ0n) is 16.1. The molecule has 0 fully saturated rings. The average Bonchev–Trinajstić information content (AvgIpc) is 2.73. The fraction of sp³-hybridized carbons (Fsp3) is 0.174. The van der Waals surface area contributed by atoms with E-state index in [9.17, 15) is 14.0 Å². The molecule has 2 aromatic carbocycles. The number of pyridine rings is 1. The van der Waals surface area contributed by atoms with Crippen molar-refractivity contribution in [2.75, 3.05) is 6.54 Å². The van der Waals surface area contributed by atoms with Crippen LogP contribution in [0.4, 0.5) is 4.39 Å². The van der Waals surface area contributed by atoms with Gasteiger partial charge in [0.05, 0.1) is 11.1 Å². The number of carbonyl (C=O) groups excluding carboxylic acids is 2. The van der Waals surface area contributed by atoms with E-state index in [1.54, 1.807) is 12.1 Å². The summed E-state index contributed by atoms with van der Waals surface area (Å²) in [6, 6.07) is 15.5. The molecule has 6 heteroatoms. The number of nitrogens with one attached hydrogen (secondary N) is 2. The molecule has 0 aliphatic heterocycles. The molecule has 0 aliphatic rings. The van der Waals surface area contributed by atoms with Crippen molar-refractivity contribution < 1.29 is 14.0 Å². The van der Waals surface area contributed by atoms with Crippen LogP contribution in [0.25, 0.3) is 0 Å². The van der Waals surface area contributed by atoms with Gasteiger partial charge in [0, 0.05) is 25.5 Å². The van der Waals surface area contributed by atoms with Gasteiger partial charge in [-0.1, -0.05) is 42.0 Å². The fourth-order valence-electron chi connectivity index (χ4n) is 2.87. The molecule has 0 unspecified atom stereocenters. The Morgan fingerprint density at radius 1 is 0.897 bits per heavy atom. The molecule has 0 spiro atoms. The highest BCUT2D eigenvalue weighted by molar-refractivity contribution is 5.99. The van der Waals surface area contributed by atoms with Crippen molar-refractivity contribution in [3.05, 3.63) is 101 Å². The maximum atomic E-state index is 12.9. The van der Waals surface area contributed by atoms with Crippen LogP contribution < -0.4 is 10.6 Å². The third-order valence-corrected chi connectivity index (χ3v) is 4.41. The molecule has 1 aromatic heterocycles. The average molecular weight is 391 g/mol. The van der Waals surface area contributed by atoms with E-state index >= 15 is 0 Å². The molecule has 0 saturated heterocycles. The second-order valence-corrected chi connectivity index (χ2v) is 6.77. The van der Waals surface area contributed by atoms with Crippen molar-refractivity contribution in [2.24, 2.45) is 0 Å². The molecule has 5 nitrogen and oxygen atoms in total. The maximum absolute atomic E-state index is 12.9. The minimum atomic E-state index is -0.312. The molecule has 0 atom stereocenters. The first kappa shape index (κ1) is 20.2. The van der Waals surface area contributed by atoms with E-state index in [2.05, 4.69) is 15.6 Å². The molecular weight excluding hydrogens is 369 g/mol. The molecule has 148 valence electrons. The molecular formula is C23H22FN3O2. The highest BCUT2D eigenvalue weighted by atomic mass is 19.1. The smallest absolute Gasteiger partial charge is 0.253 e. The van der Waals surface area contributed by atoms with E-state index in [0.717, 1.165) is 16.7 Å². The predicted molar refractivity (Wildman–Crippen MR) is 109 cm³/mol. The van der Waals surface area contributed by atoms with Gasteiger partial charge in [-0.3, -0.25) is 14.6 Å². The van der Waals surface area contributed by atoms with Crippen LogP contribution in [-0.4, -0.2) is 23.3 Å². The van der Waals surface area contributed by atoms with Crippen molar-refractivity contribution in [2.45, 2.75) is 19.9 Å². The number of amides is 2. The lowest BCUT2D eigenvalue weighted by molar-refractivity contribution is 0.0950. The van der Waals surface area contributed by atoms with E-state index in [0.29, 0.717) is 30.6 Å². The normalized spacial score (nSPS) is 10.4. The van der Waals surface area contributed by atoms with E-state index in [-0.39, 0.29) is 17.6 Å². The molecule has 2 amide bonds. The summed E-state index contributed by atoms with van der Waals surface area (Å²) in [5, 5.41) is 5.62. The highest BCUT2D eigenvalue weighted by Gasteiger charge is 2.11. The summed E-state index contributed by atoms with van der Waals surface area (Å²) in [6.07, 6.45) is 3.43. The first-order valence-corrected chi connectivity index (χ1v) is 9.33. The second kappa shape index (κ2) is 9.59. The lowest BCUT2D eigenvalue weighted by atomic mass is 10.1. The Morgan fingerprint density at radius 2 is 1.59 bits per heavy atom. The Labute approximate surface area is 169 Å². The Morgan fingerprint density at radius 3 is 2.28 bits per heavy atom. The number of aromatic nitrogens is 1. The number of aryl methyl sites for hydroxylation is 1. The van der Waals surface area contributed by atoms with Crippen molar-refractivity contribution in [3.63, 3.8) is 0 Å². The third-order valence-electron chi connectivity index (χ3n) is 4.41. The lowest BCUT2D eigenvalue weighted by Crippen LogP contribution is -2.27. The monoisotopic (exact) mass is 391 g/mol. The van der Waals surface area contributed by atoms with Crippen molar-refractivity contribution in [3.8, 4) is 0 Å². The first-order chi connectivity index (χ1) is 14.0. The van der Waals surface area contributed by atoms with E-state index in [1.807, 2.05) is 31.2 Å². The van der Waals surface area contributed by atoms with Gasteiger partial charge in [0.2, 0.25) is 0 Å². The number of hydrogen-bond donors (Lipinski definition) is 2. The number of rotatable bonds is 7. The van der Waals surface area contributed by atoms with Gasteiger partial charge >= 0.3 is 0 Å². The minimum absolute atomic E-state index is 0.290. The van der Waals surface area contributed by atoms with Gasteiger partial charge in [0.1, 0.15) is 5.82 Å². The number of hydrogen-bond acceptors (Lipinski definition) is 3. The van der Waals surface area contributed by atoms with E-state index < -0.39 is 0 Å². The van der Waals surface area contributed by atoms with Gasteiger partial charge in [-0.2, -0.15) is 0 Å². The van der Waals surface area contributed by atoms with Gasteiger partial charge < -0.3 is 10.6 Å². The molecule has 0 aliphatic carbocycles. The largest absolute Gasteiger partial charge is 0.352 e. The molecule has 0 saturated carbocycles. The van der Waals surface area contributed by atoms with Crippen LogP contribution in [0, 0.1) is 12.7 Å². The Hall–Kier alpha value is -3.54. The maximum Gasteiger partial charge on any atom is 0.253 e. The van der Waals surface area contributed by atoms with E-state index in [1.165, 1.54) is 30.6 Å². The highest BCUT2D eigenvalue weighted by Crippen LogP contribution is 2.07. The van der Waals surface area contributed by atoms with Crippen molar-refractivity contribution in [1.29, 1.82) is 0 Å². The van der Waals surface area contributed by atoms with Gasteiger partial charge in [0.25, 0.3) is 11.8 Å². The van der Waals surface area contributed by atoms with E-state index in [4.69, 9.17) is 0 Å². The van der Waals surface area contributed by atoms with Crippen LogP contribution in [0.15, 0.2) is 67.0 Å². The number of halogens is 1. The summed E-state index contributed by atoms with van der Waals surface area (Å²) in [5.74, 6) is -0.894. The number of benzene rings is 2. The third kappa shape index (κ3) is 5.97. The quantitative estimate of drug-likeness (QED) is 0.648. The minimum Gasteiger partial charge on any atom is -0.352 e. The molecule has 2 N–H and O–H groups in total. The van der Waals surface area contributed by atoms with Gasteiger partial charge in [-0.05, 0) is 42.7 Å². The molecule has 0 radical (unpaired) electrons. The SMILES string of the molecule is Cc1cccc(CNC(=O)c2cncc(C(=O)NCCc3ccc(F)cc3)c2)c1. The summed E-state index contributed by atoms with van der Waals surface area (Å²) in [6.45, 7) is 2.79. The number of carbonyl (C=O) groups is 2. The van der Waals surface area contributed by atoms with Gasteiger partial charge in [-0.25, -0.2) is 4.39 Å². The Kier molecular flexibility index (Phi) is 6.68. The standard InChI is InChI=1S/C23H22FN3O2/c1-16-3-2-4-18(11-16)13-27-23(29)20-12-19(14-25-15-20)22(28)26-10-9-17-5-7-21(24)8-6-17/h2-8,11-12,14-15H,9-10,13H2,1H3,(H,26,28)(H,27,29). The molecule has 29 heavy (non-hydrogen) atoms. The van der Waals surface area contributed by atoms with Crippen molar-refractivity contribution >= 4 is 11.8 Å². The van der Waals surface area contributed by atoms with Gasteiger partial charge in [-0.15, -0.1) is 0 Å². The summed E-state index contributed by atoms with van der Waals surface area (Å²) in [4.78, 5) is 28.7. The zero-order valence-corrected chi connectivity index (χ0v) is 16.1. The van der Waals surface area contributed by atoms with Crippen molar-refractivity contribution in [1.82, 2.24) is 15.6 Å². The van der Waals surface area contributed by atoms with Crippen LogP contribution in [0.3, 0.4) is 0 Å². The fourth-order valence-corrected chi connectivity index (χ4v) is 2.87. The van der Waals surface area contributed by atoms with Crippen LogP contribution in [0.5, 0.6) is 0 Å². The second-order valence-electron chi connectivity index (χ2n) is 6.77. The number of nitrogens with zero attached hydrogens (tertiary/aromatic N) is 1. The van der Waals surface area contributed by atoms with Crippen LogP contribution in [0.1, 0.15) is 37.4 Å². The molecule has 3 rings (SSSR count). The summed E-state index contributed by atoms with van der Waals surface area (Å²) < 4.78 is 12.9. The Balaban J connectivity index is 1.54. The van der Waals surface area contributed by atoms with Crippen LogP contribution in [-0.2, 0) is 13.0 Å². The molecule has 1 heterocycles. The van der Waals surface area contributed by atoms with Gasteiger partial charge in [0.15, 0.2) is 0 Å². The predicted octanol–water partition coefficient (Wildman–Crippen LogP) is 3.43. The Bertz CT molecular complexity index is 1000. The molecule has 0 bridgehead atoms. The summed E-state index contributed by atoms with van der Waals surface area (Å²) in [7, 11) is 0. The van der Waals surface area contributed by atoms with Crippen LogP contribution in [0.2, 0.25) is 0 Å². The molecule has 3 aromatic rings. The topological polar surface area (TPSA) is 71.1 Å².